The molecule has 1 saturated heterocycles. The number of nitrogens with zero attached hydrogens (tertiary/aromatic N) is 4. The van der Waals surface area contributed by atoms with E-state index in [1.54, 1.807) is 0 Å². The molecule has 1 aliphatic rings. The second-order valence-corrected chi connectivity index (χ2v) is 7.85. The quantitative estimate of drug-likeness (QED) is 0.383. The summed E-state index contributed by atoms with van der Waals surface area (Å²) in [7, 11) is 0. The van der Waals surface area contributed by atoms with Crippen molar-refractivity contribution in [3.8, 4) is 5.75 Å². The number of carbonyl (C=O) groups excluding carboxylic acids is 1. The number of ether oxygens (including phenoxy) is 2. The van der Waals surface area contributed by atoms with Crippen molar-refractivity contribution in [2.75, 3.05) is 50.9 Å². The van der Waals surface area contributed by atoms with E-state index < -0.39 is 16.7 Å². The molecule has 11 heteroatoms. The van der Waals surface area contributed by atoms with Crippen LogP contribution in [0.1, 0.15) is 17.5 Å². The third-order valence-corrected chi connectivity index (χ3v) is 5.92. The average molecular weight is 446 g/mol. The van der Waals surface area contributed by atoms with Gasteiger partial charge in [-0.1, -0.05) is 17.4 Å². The molecule has 1 amide bonds. The van der Waals surface area contributed by atoms with Crippen molar-refractivity contribution >= 4 is 38.5 Å². The number of carbonyl (C=O) groups is 1. The van der Waals surface area contributed by atoms with Crippen LogP contribution in [0.25, 0.3) is 10.2 Å². The van der Waals surface area contributed by atoms with Gasteiger partial charge in [-0.25, -0.2) is 4.98 Å². The van der Waals surface area contributed by atoms with Crippen LogP contribution in [-0.4, -0.2) is 66.7 Å². The van der Waals surface area contributed by atoms with Gasteiger partial charge in [0.05, 0.1) is 30.6 Å². The molecule has 1 aliphatic heterocycles. The maximum Gasteiger partial charge on any atom is 0.433 e. The first-order valence-corrected chi connectivity index (χ1v) is 10.8. The van der Waals surface area contributed by atoms with Crippen molar-refractivity contribution < 1.29 is 23.6 Å². The number of amides is 1. The van der Waals surface area contributed by atoms with Gasteiger partial charge in [-0.15, -0.1) is 0 Å². The van der Waals surface area contributed by atoms with Crippen molar-refractivity contribution in [1.82, 2.24) is 9.88 Å². The minimum Gasteiger partial charge on any atom is -0.492 e. The molecule has 31 heavy (non-hydrogen) atoms. The normalized spacial score (nSPS) is 14.6. The number of hydrogen-bond acceptors (Lipinski definition) is 9. The second-order valence-electron chi connectivity index (χ2n) is 6.84. The van der Waals surface area contributed by atoms with Crippen LogP contribution in [0.15, 0.2) is 34.7 Å². The lowest BCUT2D eigenvalue weighted by molar-refractivity contribution is -0.402. The molecule has 0 spiro atoms. The lowest BCUT2D eigenvalue weighted by atomic mass is 10.3. The van der Waals surface area contributed by atoms with Crippen LogP contribution < -0.4 is 9.64 Å². The summed E-state index contributed by atoms with van der Waals surface area (Å²) in [6.45, 7) is 6.23. The molecule has 3 aromatic rings. The number of nitro groups is 1. The number of aromatic nitrogens is 1. The Balaban J connectivity index is 1.65. The number of benzene rings is 1. The summed E-state index contributed by atoms with van der Waals surface area (Å²) in [5.41, 5.74) is 0.680. The van der Waals surface area contributed by atoms with Gasteiger partial charge in [0.2, 0.25) is 0 Å². The van der Waals surface area contributed by atoms with Crippen LogP contribution in [0.3, 0.4) is 0 Å². The van der Waals surface area contributed by atoms with Crippen LogP contribution in [0.4, 0.5) is 11.0 Å². The fourth-order valence-corrected chi connectivity index (χ4v) is 4.33. The van der Waals surface area contributed by atoms with Gasteiger partial charge in [0.25, 0.3) is 5.91 Å². The number of morpholine rings is 1. The summed E-state index contributed by atoms with van der Waals surface area (Å²) < 4.78 is 17.1. The summed E-state index contributed by atoms with van der Waals surface area (Å²) in [5, 5.41) is 11.5. The highest BCUT2D eigenvalue weighted by Crippen LogP contribution is 2.35. The van der Waals surface area contributed by atoms with E-state index in [-0.39, 0.29) is 5.76 Å². The molecule has 0 aliphatic carbocycles. The van der Waals surface area contributed by atoms with Gasteiger partial charge in [-0.3, -0.25) is 24.7 Å². The minimum atomic E-state index is -0.666. The number of rotatable bonds is 8. The molecule has 0 radical (unpaired) electrons. The molecule has 10 nitrogen and oxygen atoms in total. The molecule has 1 fully saturated rings. The summed E-state index contributed by atoms with van der Waals surface area (Å²) in [6, 6.07) is 8.14. The third kappa shape index (κ3) is 4.68. The van der Waals surface area contributed by atoms with Crippen LogP contribution in [0.5, 0.6) is 5.75 Å². The Morgan fingerprint density at radius 1 is 1.32 bits per heavy atom. The van der Waals surface area contributed by atoms with E-state index in [1.165, 1.54) is 28.4 Å². The molecule has 4 rings (SSSR count). The van der Waals surface area contributed by atoms with Crippen LogP contribution >= 0.6 is 11.3 Å². The summed E-state index contributed by atoms with van der Waals surface area (Å²) in [6.07, 6.45) is 0. The number of anilines is 1. The number of hydrogen-bond donors (Lipinski definition) is 0. The maximum absolute atomic E-state index is 13.2. The summed E-state index contributed by atoms with van der Waals surface area (Å²) in [4.78, 5) is 31.9. The van der Waals surface area contributed by atoms with Gasteiger partial charge < -0.3 is 13.9 Å². The Kier molecular flexibility index (Phi) is 6.44. The van der Waals surface area contributed by atoms with Crippen molar-refractivity contribution in [2.24, 2.45) is 0 Å². The van der Waals surface area contributed by atoms with Gasteiger partial charge in [0, 0.05) is 26.2 Å². The van der Waals surface area contributed by atoms with Gasteiger partial charge in [-0.2, -0.15) is 0 Å². The van der Waals surface area contributed by atoms with Crippen LogP contribution in [-0.2, 0) is 4.74 Å². The van der Waals surface area contributed by atoms with Crippen molar-refractivity contribution in [3.63, 3.8) is 0 Å². The highest BCUT2D eigenvalue weighted by Gasteiger charge is 2.27. The lowest BCUT2D eigenvalue weighted by Gasteiger charge is -2.28. The zero-order valence-electron chi connectivity index (χ0n) is 17.0. The molecule has 2 aromatic heterocycles. The molecule has 0 unspecified atom stereocenters. The largest absolute Gasteiger partial charge is 0.492 e. The van der Waals surface area contributed by atoms with Gasteiger partial charge in [-0.05, 0) is 25.1 Å². The first-order chi connectivity index (χ1) is 15.1. The molecule has 1 aromatic carbocycles. The third-order valence-electron chi connectivity index (χ3n) is 4.87. The second kappa shape index (κ2) is 9.41. The van der Waals surface area contributed by atoms with E-state index in [9.17, 15) is 14.9 Å². The zero-order chi connectivity index (χ0) is 21.8. The number of para-hydroxylation sites is 1. The van der Waals surface area contributed by atoms with Crippen LogP contribution in [0.2, 0.25) is 0 Å². The van der Waals surface area contributed by atoms with Gasteiger partial charge in [0.1, 0.15) is 16.2 Å². The first kappa shape index (κ1) is 21.2. The topological polar surface area (TPSA) is 111 Å². The minimum absolute atomic E-state index is 0.0991. The molecular formula is C20H22N4O6S. The van der Waals surface area contributed by atoms with E-state index >= 15 is 0 Å². The van der Waals surface area contributed by atoms with E-state index in [4.69, 9.17) is 13.9 Å². The molecule has 0 atom stereocenters. The predicted molar refractivity (Wildman–Crippen MR) is 115 cm³/mol. The van der Waals surface area contributed by atoms with Crippen LogP contribution in [0, 0.1) is 10.1 Å². The standard InChI is InChI=1S/C20H22N4O6S/c1-2-29-14-4-3-5-16-18(14)21-20(31-16)23(9-8-22-10-12-28-13-11-22)19(25)15-6-7-17(30-15)24(26)27/h3-7H,2,8-13H2,1H3. The van der Waals surface area contributed by atoms with Gasteiger partial charge >= 0.3 is 5.88 Å². The smallest absolute Gasteiger partial charge is 0.433 e. The number of furan rings is 1. The summed E-state index contributed by atoms with van der Waals surface area (Å²) in [5.74, 6) is -0.396. The molecule has 0 N–H and O–H groups in total. The van der Waals surface area contributed by atoms with Crippen molar-refractivity contribution in [3.05, 3.63) is 46.2 Å². The highest BCUT2D eigenvalue weighted by atomic mass is 32.1. The molecule has 164 valence electrons. The van der Waals surface area contributed by atoms with E-state index in [1.807, 2.05) is 25.1 Å². The molecular weight excluding hydrogens is 424 g/mol. The highest BCUT2D eigenvalue weighted by molar-refractivity contribution is 7.22. The first-order valence-electron chi connectivity index (χ1n) is 9.95. The monoisotopic (exact) mass is 446 g/mol. The van der Waals surface area contributed by atoms with Crippen molar-refractivity contribution in [1.29, 1.82) is 0 Å². The van der Waals surface area contributed by atoms with E-state index in [0.29, 0.717) is 49.3 Å². The fraction of sp³-hybridized carbons (Fsp3) is 0.400. The maximum atomic E-state index is 13.2. The Morgan fingerprint density at radius 2 is 2.13 bits per heavy atom. The Labute approximate surface area is 182 Å². The lowest BCUT2D eigenvalue weighted by Crippen LogP contribution is -2.43. The number of thiazole rings is 1. The number of fused-ring (bicyclic) bond motifs is 1. The average Bonchev–Trinajstić information content (AvgIpc) is 3.43. The predicted octanol–water partition coefficient (Wildman–Crippen LogP) is 3.18. The Hall–Kier alpha value is -3.02. The zero-order valence-corrected chi connectivity index (χ0v) is 17.8. The molecule has 0 saturated carbocycles. The van der Waals surface area contributed by atoms with E-state index in [0.717, 1.165) is 17.8 Å². The van der Waals surface area contributed by atoms with E-state index in [2.05, 4.69) is 9.88 Å². The molecule has 0 bridgehead atoms. The Bertz CT molecular complexity index is 1070. The van der Waals surface area contributed by atoms with Crippen molar-refractivity contribution in [2.45, 2.75) is 6.92 Å². The fourth-order valence-electron chi connectivity index (χ4n) is 3.32. The molecule has 3 heterocycles. The Morgan fingerprint density at radius 3 is 2.84 bits per heavy atom. The summed E-state index contributed by atoms with van der Waals surface area (Å²) >= 11 is 1.36. The SMILES string of the molecule is CCOc1cccc2sc(N(CCN3CCOCC3)C(=O)c3ccc([N+](=O)[O-])o3)nc12. The van der Waals surface area contributed by atoms with Gasteiger partial charge in [0.15, 0.2) is 10.9 Å².